The van der Waals surface area contributed by atoms with Gasteiger partial charge in [-0.15, -0.1) is 0 Å². The first-order valence-corrected chi connectivity index (χ1v) is 11.3. The second-order valence-electron chi connectivity index (χ2n) is 8.01. The molecule has 0 saturated heterocycles. The number of pyridine rings is 1. The van der Waals surface area contributed by atoms with Crippen molar-refractivity contribution in [2.45, 2.75) is 46.1 Å². The van der Waals surface area contributed by atoms with E-state index in [1.807, 2.05) is 49.7 Å². The fraction of sp³-hybridized carbons (Fsp3) is 0.385. The molecule has 0 radical (unpaired) electrons. The standard InChI is InChI=1S/C26H33N3O3/c1-5-20-16-22-24(26(32)29(20)17-23(31)19-12-8-7-9-13-19)21(6-2)25(28(22)4)18(3)27-14-10-11-15-30/h7-9,12-13,16,27,30H,3,5-6,10-11,14-15,17H2,1-2,4H3. The van der Waals surface area contributed by atoms with Gasteiger partial charge in [-0.25, -0.2) is 0 Å². The number of aliphatic hydroxyl groups is 1. The zero-order chi connectivity index (χ0) is 23.3. The minimum Gasteiger partial charge on any atom is -0.396 e. The zero-order valence-corrected chi connectivity index (χ0v) is 19.3. The van der Waals surface area contributed by atoms with E-state index < -0.39 is 0 Å². The van der Waals surface area contributed by atoms with Crippen molar-refractivity contribution >= 4 is 22.4 Å². The molecule has 6 nitrogen and oxygen atoms in total. The first-order valence-electron chi connectivity index (χ1n) is 11.3. The molecule has 3 aromatic rings. The molecule has 0 atom stereocenters. The van der Waals surface area contributed by atoms with Gasteiger partial charge in [0, 0.05) is 31.5 Å². The quantitative estimate of drug-likeness (QED) is 0.356. The van der Waals surface area contributed by atoms with Crippen LogP contribution in [-0.4, -0.2) is 33.2 Å². The summed E-state index contributed by atoms with van der Waals surface area (Å²) in [6, 6.07) is 11.1. The lowest BCUT2D eigenvalue weighted by atomic mass is 10.1. The number of fused-ring (bicyclic) bond motifs is 1. The maximum Gasteiger partial charge on any atom is 0.260 e. The highest BCUT2D eigenvalue weighted by atomic mass is 16.3. The topological polar surface area (TPSA) is 76.3 Å². The molecular formula is C26H33N3O3. The van der Waals surface area contributed by atoms with Gasteiger partial charge in [0.2, 0.25) is 0 Å². The van der Waals surface area contributed by atoms with Crippen molar-refractivity contribution in [3.8, 4) is 0 Å². The second kappa shape index (κ2) is 10.5. The Morgan fingerprint density at radius 3 is 2.47 bits per heavy atom. The van der Waals surface area contributed by atoms with Crippen molar-refractivity contribution in [1.82, 2.24) is 14.5 Å². The summed E-state index contributed by atoms with van der Waals surface area (Å²) in [5.74, 6) is -0.0779. The van der Waals surface area contributed by atoms with Gasteiger partial charge in [0.25, 0.3) is 5.56 Å². The molecule has 0 amide bonds. The number of hydrogen-bond acceptors (Lipinski definition) is 4. The van der Waals surface area contributed by atoms with Crippen LogP contribution < -0.4 is 10.9 Å². The van der Waals surface area contributed by atoms with E-state index in [0.717, 1.165) is 41.0 Å². The predicted octanol–water partition coefficient (Wildman–Crippen LogP) is 3.68. The molecule has 2 heterocycles. The first-order chi connectivity index (χ1) is 15.4. The molecule has 6 heteroatoms. The molecule has 32 heavy (non-hydrogen) atoms. The van der Waals surface area contributed by atoms with Crippen molar-refractivity contribution in [2.24, 2.45) is 7.05 Å². The number of unbranched alkanes of at least 4 members (excludes halogenated alkanes) is 1. The number of Topliss-reactive ketones (excluding diaryl/α,β-unsaturated/α-hetero) is 1. The van der Waals surface area contributed by atoms with Crippen LogP contribution in [0.3, 0.4) is 0 Å². The highest BCUT2D eigenvalue weighted by Gasteiger charge is 2.22. The third-order valence-electron chi connectivity index (χ3n) is 5.97. The molecule has 0 saturated carbocycles. The number of aliphatic hydroxyl groups excluding tert-OH is 1. The van der Waals surface area contributed by atoms with Crippen LogP contribution in [-0.2, 0) is 26.4 Å². The summed E-state index contributed by atoms with van der Waals surface area (Å²) in [4.78, 5) is 26.5. The predicted molar refractivity (Wildman–Crippen MR) is 130 cm³/mol. The number of hydrogen-bond donors (Lipinski definition) is 2. The average Bonchev–Trinajstić information content (AvgIpc) is 3.10. The van der Waals surface area contributed by atoms with Crippen molar-refractivity contribution < 1.29 is 9.90 Å². The van der Waals surface area contributed by atoms with Crippen molar-refractivity contribution in [2.75, 3.05) is 13.2 Å². The minimum absolute atomic E-state index is 0.0235. The van der Waals surface area contributed by atoms with Crippen molar-refractivity contribution in [3.63, 3.8) is 0 Å². The third-order valence-corrected chi connectivity index (χ3v) is 5.97. The van der Waals surface area contributed by atoms with Crippen LogP contribution in [0, 0.1) is 0 Å². The summed E-state index contributed by atoms with van der Waals surface area (Å²) in [6.07, 6.45) is 2.90. The lowest BCUT2D eigenvalue weighted by Gasteiger charge is -2.13. The van der Waals surface area contributed by atoms with Crippen molar-refractivity contribution in [1.29, 1.82) is 0 Å². The number of nitrogens with one attached hydrogen (secondary N) is 1. The number of rotatable bonds is 11. The fourth-order valence-corrected chi connectivity index (χ4v) is 4.29. The van der Waals surface area contributed by atoms with Gasteiger partial charge in [-0.05, 0) is 37.3 Å². The molecule has 170 valence electrons. The lowest BCUT2D eigenvalue weighted by Crippen LogP contribution is -2.27. The van der Waals surface area contributed by atoms with Crippen LogP contribution >= 0.6 is 0 Å². The van der Waals surface area contributed by atoms with Gasteiger partial charge in [0.1, 0.15) is 0 Å². The van der Waals surface area contributed by atoms with Gasteiger partial charge in [0.15, 0.2) is 5.78 Å². The van der Waals surface area contributed by atoms with E-state index in [9.17, 15) is 9.59 Å². The maximum atomic E-state index is 13.7. The number of carbonyl (C=O) groups excluding carboxylic acids is 1. The number of ketones is 1. The molecular weight excluding hydrogens is 402 g/mol. The Morgan fingerprint density at radius 1 is 1.12 bits per heavy atom. The summed E-state index contributed by atoms with van der Waals surface area (Å²) >= 11 is 0. The van der Waals surface area contributed by atoms with Gasteiger partial charge in [-0.3, -0.25) is 9.59 Å². The molecule has 0 bridgehead atoms. The molecule has 0 aliphatic rings. The normalized spacial score (nSPS) is 11.1. The van der Waals surface area contributed by atoms with Gasteiger partial charge in [-0.1, -0.05) is 50.8 Å². The minimum atomic E-state index is -0.129. The summed E-state index contributed by atoms with van der Waals surface area (Å²) in [7, 11) is 1.95. The molecule has 2 N–H and O–H groups in total. The van der Waals surface area contributed by atoms with Crippen LogP contribution in [0.5, 0.6) is 0 Å². The zero-order valence-electron chi connectivity index (χ0n) is 19.3. The van der Waals surface area contributed by atoms with E-state index in [1.165, 1.54) is 0 Å². The molecule has 0 aliphatic heterocycles. The van der Waals surface area contributed by atoms with Crippen LogP contribution in [0.1, 0.15) is 54.0 Å². The van der Waals surface area contributed by atoms with Crippen LogP contribution in [0.4, 0.5) is 0 Å². The smallest absolute Gasteiger partial charge is 0.260 e. The van der Waals surface area contributed by atoms with E-state index in [4.69, 9.17) is 5.11 Å². The first kappa shape index (κ1) is 23.5. The molecule has 3 rings (SSSR count). The maximum absolute atomic E-state index is 13.7. The van der Waals surface area contributed by atoms with E-state index in [0.29, 0.717) is 30.3 Å². The summed E-state index contributed by atoms with van der Waals surface area (Å²) in [5, 5.41) is 13.0. The molecule has 0 fully saturated rings. The summed E-state index contributed by atoms with van der Waals surface area (Å²) in [6.45, 7) is 9.14. The molecule has 1 aromatic carbocycles. The summed E-state index contributed by atoms with van der Waals surface area (Å²) < 4.78 is 3.65. The molecule has 0 aliphatic carbocycles. The Hall–Kier alpha value is -3.12. The number of aryl methyl sites for hydroxylation is 3. The van der Waals surface area contributed by atoms with E-state index >= 15 is 0 Å². The second-order valence-corrected chi connectivity index (χ2v) is 8.01. The van der Waals surface area contributed by atoms with E-state index in [1.54, 1.807) is 16.7 Å². The Kier molecular flexibility index (Phi) is 7.70. The van der Waals surface area contributed by atoms with E-state index in [2.05, 4.69) is 11.9 Å². The fourth-order valence-electron chi connectivity index (χ4n) is 4.29. The highest BCUT2D eigenvalue weighted by molar-refractivity contribution is 5.96. The van der Waals surface area contributed by atoms with Crippen molar-refractivity contribution in [3.05, 3.63) is 75.8 Å². The van der Waals surface area contributed by atoms with Gasteiger partial charge < -0.3 is 19.6 Å². The van der Waals surface area contributed by atoms with E-state index in [-0.39, 0.29) is 24.5 Å². The largest absolute Gasteiger partial charge is 0.396 e. The monoisotopic (exact) mass is 435 g/mol. The van der Waals surface area contributed by atoms with Crippen LogP contribution in [0.2, 0.25) is 0 Å². The number of benzene rings is 1. The lowest BCUT2D eigenvalue weighted by molar-refractivity contribution is 0.0970. The average molecular weight is 436 g/mol. The Balaban J connectivity index is 2.08. The number of carbonyl (C=O) groups is 1. The number of aromatic nitrogens is 2. The highest BCUT2D eigenvalue weighted by Crippen LogP contribution is 2.28. The molecule has 0 spiro atoms. The van der Waals surface area contributed by atoms with Gasteiger partial charge >= 0.3 is 0 Å². The Bertz CT molecular complexity index is 1170. The van der Waals surface area contributed by atoms with Crippen LogP contribution in [0.25, 0.3) is 16.6 Å². The van der Waals surface area contributed by atoms with Crippen LogP contribution in [0.15, 0.2) is 47.8 Å². The summed E-state index contributed by atoms with van der Waals surface area (Å²) in [5.41, 5.74) is 4.79. The number of nitrogens with zero attached hydrogens (tertiary/aromatic N) is 2. The van der Waals surface area contributed by atoms with Gasteiger partial charge in [-0.2, -0.15) is 0 Å². The molecule has 2 aromatic heterocycles. The van der Waals surface area contributed by atoms with Gasteiger partial charge in [0.05, 0.1) is 28.8 Å². The Morgan fingerprint density at radius 2 is 1.84 bits per heavy atom. The Labute approximate surface area is 189 Å². The third kappa shape index (κ3) is 4.55. The molecule has 0 unspecified atom stereocenters. The SMILES string of the molecule is C=C(NCCCCO)c1c(CC)c2c(=O)n(CC(=O)c3ccccc3)c(CC)cc2n1C.